The lowest BCUT2D eigenvalue weighted by molar-refractivity contribution is -0.119. The first-order valence-corrected chi connectivity index (χ1v) is 5.28. The summed E-state index contributed by atoms with van der Waals surface area (Å²) in [6.07, 6.45) is 0.959. The van der Waals surface area contributed by atoms with Crippen LogP contribution in [-0.4, -0.2) is 26.2 Å². The molecule has 0 aromatic heterocycles. The molecule has 16 heavy (non-hydrogen) atoms. The maximum absolute atomic E-state index is 11.3. The molecule has 0 aliphatic heterocycles. The third-order valence-electron chi connectivity index (χ3n) is 1.87. The van der Waals surface area contributed by atoms with Crippen LogP contribution in [0.5, 0.6) is 5.75 Å². The van der Waals surface area contributed by atoms with Crippen molar-refractivity contribution in [1.82, 2.24) is 0 Å². The zero-order valence-corrected chi connectivity index (χ0v) is 9.66. The minimum atomic E-state index is -0.171. The van der Waals surface area contributed by atoms with Crippen molar-refractivity contribution >= 4 is 11.6 Å². The second-order valence-electron chi connectivity index (χ2n) is 3.36. The van der Waals surface area contributed by atoms with Gasteiger partial charge in [-0.1, -0.05) is 13.0 Å². The Kier molecular flexibility index (Phi) is 5.36. The number of hydrogen-bond donors (Lipinski definition) is 1. The summed E-state index contributed by atoms with van der Waals surface area (Å²) < 4.78 is 10.2. The molecule has 0 bridgehead atoms. The number of nitrogens with one attached hydrogen (secondary N) is 1. The molecule has 1 aromatic rings. The molecular formula is C12H17NO3. The molecule has 4 heteroatoms. The fourth-order valence-electron chi connectivity index (χ4n) is 1.21. The molecule has 0 unspecified atom stereocenters. The molecule has 0 fully saturated rings. The predicted octanol–water partition coefficient (Wildman–Crippen LogP) is 2.06. The summed E-state index contributed by atoms with van der Waals surface area (Å²) in [7, 11) is 1.49. The van der Waals surface area contributed by atoms with Gasteiger partial charge in [0.25, 0.3) is 0 Å². The van der Waals surface area contributed by atoms with E-state index in [1.807, 2.05) is 25.1 Å². The van der Waals surface area contributed by atoms with Crippen molar-refractivity contribution in [2.75, 3.05) is 25.6 Å². The highest BCUT2D eigenvalue weighted by Gasteiger charge is 2.02. The maximum atomic E-state index is 11.3. The second kappa shape index (κ2) is 6.85. The van der Waals surface area contributed by atoms with Gasteiger partial charge < -0.3 is 14.8 Å². The lowest BCUT2D eigenvalue weighted by Crippen LogP contribution is -2.17. The summed E-state index contributed by atoms with van der Waals surface area (Å²) in [5.74, 6) is 0.590. The van der Waals surface area contributed by atoms with E-state index in [2.05, 4.69) is 5.32 Å². The Labute approximate surface area is 95.6 Å². The number of anilines is 1. The Morgan fingerprint density at radius 2 is 2.25 bits per heavy atom. The van der Waals surface area contributed by atoms with Gasteiger partial charge in [0.1, 0.15) is 12.4 Å². The molecule has 0 saturated heterocycles. The van der Waals surface area contributed by atoms with Crippen LogP contribution in [0, 0.1) is 0 Å². The van der Waals surface area contributed by atoms with Crippen LogP contribution in [0.15, 0.2) is 24.3 Å². The molecule has 0 heterocycles. The highest BCUT2D eigenvalue weighted by molar-refractivity contribution is 5.91. The van der Waals surface area contributed by atoms with Crippen molar-refractivity contribution in [2.24, 2.45) is 0 Å². The van der Waals surface area contributed by atoms with E-state index < -0.39 is 0 Å². The van der Waals surface area contributed by atoms with Crippen molar-refractivity contribution in [2.45, 2.75) is 13.3 Å². The molecule has 0 atom stereocenters. The van der Waals surface area contributed by atoms with E-state index in [0.29, 0.717) is 6.61 Å². The van der Waals surface area contributed by atoms with Gasteiger partial charge in [0.15, 0.2) is 0 Å². The SMILES string of the molecule is CCCOc1cccc(NC(=O)COC)c1. The number of hydrogen-bond acceptors (Lipinski definition) is 3. The summed E-state index contributed by atoms with van der Waals surface area (Å²) in [6.45, 7) is 2.78. The van der Waals surface area contributed by atoms with Gasteiger partial charge >= 0.3 is 0 Å². The van der Waals surface area contributed by atoms with E-state index in [1.54, 1.807) is 6.07 Å². The molecule has 1 aromatic carbocycles. The third kappa shape index (κ3) is 4.31. The van der Waals surface area contributed by atoms with E-state index in [-0.39, 0.29) is 12.5 Å². The molecule has 0 saturated carbocycles. The van der Waals surface area contributed by atoms with E-state index in [0.717, 1.165) is 17.9 Å². The lowest BCUT2D eigenvalue weighted by Gasteiger charge is -2.08. The number of amides is 1. The fourth-order valence-corrected chi connectivity index (χ4v) is 1.21. The molecule has 88 valence electrons. The first-order valence-electron chi connectivity index (χ1n) is 5.28. The van der Waals surface area contributed by atoms with Gasteiger partial charge in [0.2, 0.25) is 5.91 Å². The van der Waals surface area contributed by atoms with Crippen LogP contribution < -0.4 is 10.1 Å². The van der Waals surface area contributed by atoms with Crippen molar-refractivity contribution in [3.05, 3.63) is 24.3 Å². The zero-order chi connectivity index (χ0) is 11.8. The Bertz CT molecular complexity index is 339. The zero-order valence-electron chi connectivity index (χ0n) is 9.66. The minimum Gasteiger partial charge on any atom is -0.494 e. The van der Waals surface area contributed by atoms with Crippen molar-refractivity contribution in [1.29, 1.82) is 0 Å². The van der Waals surface area contributed by atoms with E-state index in [4.69, 9.17) is 9.47 Å². The molecule has 0 radical (unpaired) electrons. The van der Waals surface area contributed by atoms with Gasteiger partial charge in [-0.2, -0.15) is 0 Å². The lowest BCUT2D eigenvalue weighted by atomic mass is 10.3. The average Bonchev–Trinajstić information content (AvgIpc) is 2.27. The van der Waals surface area contributed by atoms with Crippen molar-refractivity contribution in [3.8, 4) is 5.75 Å². The summed E-state index contributed by atoms with van der Waals surface area (Å²) in [6, 6.07) is 7.31. The molecule has 0 spiro atoms. The minimum absolute atomic E-state index is 0.0556. The number of methoxy groups -OCH3 is 1. The topological polar surface area (TPSA) is 47.6 Å². The normalized spacial score (nSPS) is 9.88. The third-order valence-corrected chi connectivity index (χ3v) is 1.87. The Morgan fingerprint density at radius 3 is 2.94 bits per heavy atom. The summed E-state index contributed by atoms with van der Waals surface area (Å²) in [5.41, 5.74) is 0.718. The van der Waals surface area contributed by atoms with Gasteiger partial charge in [0.05, 0.1) is 6.61 Å². The van der Waals surface area contributed by atoms with Crippen LogP contribution in [0.2, 0.25) is 0 Å². The van der Waals surface area contributed by atoms with Gasteiger partial charge in [-0.05, 0) is 18.6 Å². The van der Waals surface area contributed by atoms with Crippen LogP contribution >= 0.6 is 0 Å². The summed E-state index contributed by atoms with van der Waals surface area (Å²) >= 11 is 0. The standard InChI is InChI=1S/C12H17NO3/c1-3-7-16-11-6-4-5-10(8-11)13-12(14)9-15-2/h4-6,8H,3,7,9H2,1-2H3,(H,13,14). The van der Waals surface area contributed by atoms with Crippen molar-refractivity contribution in [3.63, 3.8) is 0 Å². The van der Waals surface area contributed by atoms with E-state index in [1.165, 1.54) is 7.11 Å². The van der Waals surface area contributed by atoms with Crippen LogP contribution in [0.4, 0.5) is 5.69 Å². The maximum Gasteiger partial charge on any atom is 0.250 e. The largest absolute Gasteiger partial charge is 0.494 e. The summed E-state index contributed by atoms with van der Waals surface area (Å²) in [5, 5.41) is 2.72. The van der Waals surface area contributed by atoms with E-state index in [9.17, 15) is 4.79 Å². The van der Waals surface area contributed by atoms with Crippen LogP contribution in [0.25, 0.3) is 0 Å². The number of rotatable bonds is 6. The number of carbonyl (C=O) groups excluding carboxylic acids is 1. The van der Waals surface area contributed by atoms with Gasteiger partial charge in [-0.25, -0.2) is 0 Å². The van der Waals surface area contributed by atoms with Gasteiger partial charge in [-0.3, -0.25) is 4.79 Å². The van der Waals surface area contributed by atoms with Gasteiger partial charge in [0, 0.05) is 18.9 Å². The smallest absolute Gasteiger partial charge is 0.250 e. The first-order chi connectivity index (χ1) is 7.76. The second-order valence-corrected chi connectivity index (χ2v) is 3.36. The van der Waals surface area contributed by atoms with Crippen LogP contribution in [-0.2, 0) is 9.53 Å². The molecule has 0 aliphatic rings. The fraction of sp³-hybridized carbons (Fsp3) is 0.417. The summed E-state index contributed by atoms with van der Waals surface area (Å²) in [4.78, 5) is 11.3. The molecular weight excluding hydrogens is 206 g/mol. The predicted molar refractivity (Wildman–Crippen MR) is 62.7 cm³/mol. The molecule has 1 N–H and O–H groups in total. The van der Waals surface area contributed by atoms with Crippen LogP contribution in [0.1, 0.15) is 13.3 Å². The Balaban J connectivity index is 2.56. The number of ether oxygens (including phenoxy) is 2. The number of carbonyl (C=O) groups is 1. The van der Waals surface area contributed by atoms with Gasteiger partial charge in [-0.15, -0.1) is 0 Å². The van der Waals surface area contributed by atoms with Crippen LogP contribution in [0.3, 0.4) is 0 Å². The highest BCUT2D eigenvalue weighted by Crippen LogP contribution is 2.17. The molecule has 0 aliphatic carbocycles. The average molecular weight is 223 g/mol. The highest BCUT2D eigenvalue weighted by atomic mass is 16.5. The van der Waals surface area contributed by atoms with E-state index >= 15 is 0 Å². The first kappa shape index (κ1) is 12.5. The quantitative estimate of drug-likeness (QED) is 0.803. The molecule has 1 rings (SSSR count). The Morgan fingerprint density at radius 1 is 1.44 bits per heavy atom. The number of benzene rings is 1. The van der Waals surface area contributed by atoms with Crippen molar-refractivity contribution < 1.29 is 14.3 Å². The monoisotopic (exact) mass is 223 g/mol. The molecule has 1 amide bonds. The Hall–Kier alpha value is -1.55. The molecule has 4 nitrogen and oxygen atoms in total.